The van der Waals surface area contributed by atoms with Crippen LogP contribution in [0, 0.1) is 28.9 Å². The van der Waals surface area contributed by atoms with Crippen LogP contribution < -0.4 is 50.8 Å². The number of hydrogen-bond acceptors (Lipinski definition) is 21. The van der Waals surface area contributed by atoms with Crippen molar-refractivity contribution >= 4 is 60.2 Å². The number of carbonyl (C=O) groups excluding carboxylic acids is 4. The van der Waals surface area contributed by atoms with Crippen molar-refractivity contribution in [2.75, 3.05) is 93.2 Å². The number of nitriles is 1. The van der Waals surface area contributed by atoms with Crippen molar-refractivity contribution in [2.24, 2.45) is 17.4 Å². The zero-order valence-electron chi connectivity index (χ0n) is 46.4. The Morgan fingerprint density at radius 1 is 0.869 bits per heavy atom. The number of fused-ring (bicyclic) bond motifs is 4. The molecule has 3 saturated heterocycles. The van der Waals surface area contributed by atoms with E-state index in [0.717, 1.165) is 56.9 Å². The number of carboxylic acid groups (broad SMARTS) is 2. The Kier molecular flexibility index (Phi) is 17.9. The molecule has 5 aliphatic heterocycles. The summed E-state index contributed by atoms with van der Waals surface area (Å²) in [5, 5.41) is 28.7. The summed E-state index contributed by atoms with van der Waals surface area (Å²) in [6.45, 7) is 7.32. The smallest absolute Gasteiger partial charge is 0.416 e. The highest BCUT2D eigenvalue weighted by Crippen LogP contribution is 2.40. The van der Waals surface area contributed by atoms with Crippen LogP contribution in [0.5, 0.6) is 23.3 Å². The fourth-order valence-electron chi connectivity index (χ4n) is 10.9. The second-order valence-electron chi connectivity index (χ2n) is 22.6. The standard InChI is InChI=1S/C28H33N7O5.C25H28F2N6O5.2CH2O2/c1-27(2,30)16-39-20-9-18-7-17(8-21(18)19(10-20)11-29)13-34-5-3-28(4-6-34)15-35(26(37)40-28)22-12-31-25-24(32-22)33-23(36)14-38-25;1-32(13-6-15-16(7-13)21(27)18(8-17(15)26)37-12-25(28)3-4-25)5-2-14-10-33(24(35)38-14)19-9-29-23-22(30-19)31-20(34)11-36-23;2*2-1-3/h9-10,12,17H,3-8,13-16,30H2,1-2H3,(H,32,33,36);8-9,13-14H,2-7,10-12,28H2,1H3,(H,30,31,34);2*1H,(H,2,3). The molecule has 3 aliphatic carbocycles. The van der Waals surface area contributed by atoms with Crippen molar-refractivity contribution in [3.05, 3.63) is 70.0 Å². The van der Waals surface area contributed by atoms with Gasteiger partial charge in [-0.25, -0.2) is 38.3 Å². The van der Waals surface area contributed by atoms with Crippen molar-refractivity contribution in [1.82, 2.24) is 29.7 Å². The number of benzene rings is 2. The molecule has 4 aromatic rings. The SMILES string of the molecule is CC(C)(N)COc1cc(C#N)c2c(c1)CC(CN1CCC3(CC1)CN(c1cnc4c(n1)NC(=O)CO4)C(=O)O3)C2.CN(CCC1CN(c2cnc3c(n2)NC(=O)CO3)C(=O)O1)C1Cc2c(F)cc(OCC3(N)CC3)c(F)c2C1.O=CO.O=CO. The first-order chi connectivity index (χ1) is 40.1. The summed E-state index contributed by atoms with van der Waals surface area (Å²) in [5.41, 5.74) is 14.3. The van der Waals surface area contributed by atoms with Crippen LogP contribution in [0.3, 0.4) is 0 Å². The van der Waals surface area contributed by atoms with Crippen LogP contribution in [-0.4, -0.2) is 178 Å². The van der Waals surface area contributed by atoms with Gasteiger partial charge >= 0.3 is 12.2 Å². The zero-order valence-corrected chi connectivity index (χ0v) is 46.4. The quantitative estimate of drug-likeness (QED) is 0.0987. The molecule has 7 heterocycles. The highest BCUT2D eigenvalue weighted by atomic mass is 19.1. The molecule has 1 saturated carbocycles. The second-order valence-corrected chi connectivity index (χ2v) is 22.6. The highest BCUT2D eigenvalue weighted by Gasteiger charge is 2.49. The minimum Gasteiger partial charge on any atom is -0.492 e. The van der Waals surface area contributed by atoms with Gasteiger partial charge < -0.3 is 70.5 Å². The Balaban J connectivity index is 0.000000185. The first-order valence-electron chi connectivity index (χ1n) is 27.2. The highest BCUT2D eigenvalue weighted by molar-refractivity contribution is 5.96. The lowest BCUT2D eigenvalue weighted by Crippen LogP contribution is -2.48. The number of nitrogens with two attached hydrogens (primary N) is 2. The van der Waals surface area contributed by atoms with Crippen LogP contribution in [0.1, 0.15) is 73.8 Å². The molecule has 8 aliphatic rings. The van der Waals surface area contributed by atoms with Crippen LogP contribution in [-0.2, 0) is 54.3 Å². The summed E-state index contributed by atoms with van der Waals surface area (Å²) in [6, 6.07) is 7.25. The predicted octanol–water partition coefficient (Wildman–Crippen LogP) is 3.17. The van der Waals surface area contributed by atoms with Crippen molar-refractivity contribution in [1.29, 1.82) is 5.26 Å². The fourth-order valence-corrected chi connectivity index (χ4v) is 10.9. The largest absolute Gasteiger partial charge is 0.492 e. The van der Waals surface area contributed by atoms with Crippen LogP contribution in [0.4, 0.5) is 41.6 Å². The minimum absolute atomic E-state index is 0.0874. The average Bonchev–Trinajstić information content (AvgIpc) is 2.68. The Hall–Kier alpha value is -8.59. The van der Waals surface area contributed by atoms with E-state index in [9.17, 15) is 28.8 Å². The van der Waals surface area contributed by atoms with E-state index in [2.05, 4.69) is 47.6 Å². The number of piperidine rings is 1. The van der Waals surface area contributed by atoms with E-state index in [1.165, 1.54) is 27.8 Å². The monoisotopic (exact) mass is 1170 g/mol. The molecular weight excluding hydrogens is 1100 g/mol. The molecule has 29 heteroatoms. The lowest BCUT2D eigenvalue weighted by atomic mass is 9.90. The number of aromatic nitrogens is 4. The van der Waals surface area contributed by atoms with Gasteiger partial charge in [-0.15, -0.1) is 0 Å². The Labute approximate surface area is 480 Å². The third-order valence-electron chi connectivity index (χ3n) is 15.5. The lowest BCUT2D eigenvalue weighted by Gasteiger charge is -2.38. The number of nitrogens with zero attached hydrogens (tertiary/aromatic N) is 9. The number of amides is 4. The summed E-state index contributed by atoms with van der Waals surface area (Å²) in [5.74, 6) is 0.704. The van der Waals surface area contributed by atoms with E-state index >= 15 is 4.39 Å². The van der Waals surface area contributed by atoms with Gasteiger partial charge in [0.15, 0.2) is 48.1 Å². The van der Waals surface area contributed by atoms with Gasteiger partial charge in [-0.3, -0.25) is 29.0 Å². The molecule has 8 N–H and O–H groups in total. The molecule has 0 radical (unpaired) electrons. The van der Waals surface area contributed by atoms with Crippen LogP contribution in [0.15, 0.2) is 30.6 Å². The number of rotatable bonds is 14. The van der Waals surface area contributed by atoms with Gasteiger partial charge in [0.05, 0.1) is 42.7 Å². The average molecular weight is 1170 g/mol. The summed E-state index contributed by atoms with van der Waals surface area (Å²) >= 11 is 0. The molecule has 84 heavy (non-hydrogen) atoms. The number of halogens is 2. The van der Waals surface area contributed by atoms with E-state index < -0.39 is 46.6 Å². The van der Waals surface area contributed by atoms with E-state index in [4.69, 9.17) is 59.7 Å². The number of anilines is 4. The predicted molar refractivity (Wildman–Crippen MR) is 292 cm³/mol. The fraction of sp³-hybridized carbons (Fsp3) is 0.509. The molecule has 3 atom stereocenters. The molecule has 2 aromatic heterocycles. The van der Waals surface area contributed by atoms with Gasteiger partial charge in [0.2, 0.25) is 0 Å². The molecule has 3 unspecified atom stereocenters. The van der Waals surface area contributed by atoms with Crippen molar-refractivity contribution < 1.29 is 76.2 Å². The maximum absolute atomic E-state index is 15.1. The van der Waals surface area contributed by atoms with Gasteiger partial charge in [0.25, 0.3) is 36.5 Å². The first kappa shape index (κ1) is 60.0. The van der Waals surface area contributed by atoms with Crippen molar-refractivity contribution in [2.45, 2.75) is 100 Å². The number of likely N-dealkylation sites (N-methyl/N-ethyl adjacent to an activating group) is 1. The molecule has 2 aromatic carbocycles. The number of cyclic esters (lactones) is 1. The summed E-state index contributed by atoms with van der Waals surface area (Å²) in [7, 11) is 1.89. The molecule has 1 spiro atoms. The summed E-state index contributed by atoms with van der Waals surface area (Å²) < 4.78 is 63.2. The molecule has 0 bridgehead atoms. The van der Waals surface area contributed by atoms with Crippen LogP contribution in [0.25, 0.3) is 0 Å². The van der Waals surface area contributed by atoms with E-state index in [-0.39, 0.29) is 92.1 Å². The summed E-state index contributed by atoms with van der Waals surface area (Å²) in [6.07, 6.45) is 7.49. The van der Waals surface area contributed by atoms with Crippen LogP contribution >= 0.6 is 0 Å². The lowest BCUT2D eigenvalue weighted by molar-refractivity contribution is -0.123. The maximum Gasteiger partial charge on any atom is 0.416 e. The molecule has 27 nitrogen and oxygen atoms in total. The molecule has 4 amide bonds. The Morgan fingerprint density at radius 3 is 2.10 bits per heavy atom. The van der Waals surface area contributed by atoms with Gasteiger partial charge in [0.1, 0.15) is 36.5 Å². The maximum atomic E-state index is 15.1. The van der Waals surface area contributed by atoms with E-state index in [1.54, 1.807) is 0 Å². The molecular formula is C55H65F2N13O14. The zero-order chi connectivity index (χ0) is 60.1. The number of hydrogen-bond donors (Lipinski definition) is 6. The molecule has 448 valence electrons. The minimum atomic E-state index is -0.583. The van der Waals surface area contributed by atoms with E-state index in [0.29, 0.717) is 86.0 Å². The summed E-state index contributed by atoms with van der Waals surface area (Å²) in [4.78, 5) is 89.5. The van der Waals surface area contributed by atoms with Gasteiger partial charge in [-0.2, -0.15) is 5.26 Å². The number of ether oxygens (including phenoxy) is 6. The van der Waals surface area contributed by atoms with Gasteiger partial charge in [-0.05, 0) is 106 Å². The van der Waals surface area contributed by atoms with Gasteiger partial charge in [-0.1, -0.05) is 0 Å². The molecule has 4 fully saturated rings. The molecule has 12 rings (SSSR count). The Bertz CT molecular complexity index is 3220. The number of likely N-dealkylation sites (tertiary alicyclic amines) is 1. The number of nitrogens with one attached hydrogen (secondary N) is 2. The van der Waals surface area contributed by atoms with Crippen LogP contribution in [0.2, 0.25) is 0 Å². The van der Waals surface area contributed by atoms with E-state index in [1.807, 2.05) is 31.9 Å². The number of carbonyl (C=O) groups is 6. The topological polar surface area (TPSA) is 363 Å². The third-order valence-corrected chi connectivity index (χ3v) is 15.5. The third kappa shape index (κ3) is 14.1. The normalized spacial score (nSPS) is 21.1. The van der Waals surface area contributed by atoms with Crippen molar-refractivity contribution in [3.8, 4) is 29.3 Å². The second kappa shape index (κ2) is 25.1. The van der Waals surface area contributed by atoms with Gasteiger partial charge in [0, 0.05) is 56.7 Å². The van der Waals surface area contributed by atoms with Crippen molar-refractivity contribution in [3.63, 3.8) is 0 Å². The Morgan fingerprint density at radius 2 is 1.49 bits per heavy atom. The first-order valence-corrected chi connectivity index (χ1v) is 27.2.